The fraction of sp³-hybridized carbons (Fsp3) is 0. The normalized spacial score (nSPS) is 11.6. The summed E-state index contributed by atoms with van der Waals surface area (Å²) < 4.78 is 4.65. The van der Waals surface area contributed by atoms with Gasteiger partial charge >= 0.3 is 0 Å². The first-order valence-electron chi connectivity index (χ1n) is 18.9. The quantitative estimate of drug-likeness (QED) is 0.172. The lowest BCUT2D eigenvalue weighted by atomic mass is 9.99. The molecule has 0 aliphatic rings. The van der Waals surface area contributed by atoms with Crippen LogP contribution in [0.2, 0.25) is 0 Å². The van der Waals surface area contributed by atoms with Crippen molar-refractivity contribution in [2.75, 3.05) is 0 Å². The molecule has 8 aromatic carbocycles. The van der Waals surface area contributed by atoms with Crippen LogP contribution in [-0.4, -0.2) is 24.1 Å². The standard InChI is InChI=1S/C51H33N5/c1-4-15-34(16-5-1)38-21-14-22-39(33-38)35-27-29-40(30-28-35)55-45-25-12-10-23-41(45)43-31-32-44-42-24-11-13-26-46(42)56(48(44)47(43)55)51-53-49(36-17-6-2-7-18-36)52-50(54-51)37-19-8-3-9-20-37/h1-33H. The van der Waals surface area contributed by atoms with Crippen LogP contribution in [-0.2, 0) is 0 Å². The Morgan fingerprint density at radius 2 is 0.714 bits per heavy atom. The zero-order chi connectivity index (χ0) is 37.0. The van der Waals surface area contributed by atoms with Gasteiger partial charge in [0.15, 0.2) is 11.6 Å². The SMILES string of the molecule is c1ccc(-c2cccc(-c3ccc(-n4c5ccccc5c5ccc6c7ccccc7n(-c7nc(-c8ccccc8)nc(-c8ccccc8)n7)c6c54)cc3)c2)cc1. The Labute approximate surface area is 323 Å². The van der Waals surface area contributed by atoms with Gasteiger partial charge in [-0.25, -0.2) is 4.98 Å². The number of rotatable bonds is 6. The summed E-state index contributed by atoms with van der Waals surface area (Å²) in [7, 11) is 0. The minimum atomic E-state index is 0.571. The predicted molar refractivity (Wildman–Crippen MR) is 230 cm³/mol. The Kier molecular flexibility index (Phi) is 7.42. The van der Waals surface area contributed by atoms with Crippen molar-refractivity contribution in [3.05, 3.63) is 200 Å². The summed E-state index contributed by atoms with van der Waals surface area (Å²) in [6.45, 7) is 0. The zero-order valence-corrected chi connectivity index (χ0v) is 30.3. The van der Waals surface area contributed by atoms with Crippen LogP contribution >= 0.6 is 0 Å². The van der Waals surface area contributed by atoms with Gasteiger partial charge in [-0.05, 0) is 52.6 Å². The number of fused-ring (bicyclic) bond motifs is 7. The Morgan fingerprint density at radius 1 is 0.286 bits per heavy atom. The molecule has 0 aliphatic heterocycles. The van der Waals surface area contributed by atoms with Gasteiger partial charge in [0.2, 0.25) is 5.95 Å². The van der Waals surface area contributed by atoms with Crippen LogP contribution in [0.4, 0.5) is 0 Å². The summed E-state index contributed by atoms with van der Waals surface area (Å²) in [5.74, 6) is 1.82. The third-order valence-corrected chi connectivity index (χ3v) is 10.8. The largest absolute Gasteiger partial charge is 0.307 e. The van der Waals surface area contributed by atoms with Crippen LogP contribution in [0.5, 0.6) is 0 Å². The molecule has 11 rings (SSSR count). The van der Waals surface area contributed by atoms with E-state index in [4.69, 9.17) is 15.0 Å². The Balaban J connectivity index is 1.18. The molecular formula is C51H33N5. The minimum Gasteiger partial charge on any atom is -0.307 e. The van der Waals surface area contributed by atoms with Crippen LogP contribution in [0.15, 0.2) is 200 Å². The third kappa shape index (κ3) is 5.21. The molecule has 0 saturated heterocycles. The molecule has 56 heavy (non-hydrogen) atoms. The second kappa shape index (κ2) is 13.0. The van der Waals surface area contributed by atoms with Crippen LogP contribution in [0.1, 0.15) is 0 Å². The summed E-state index contributed by atoms with van der Waals surface area (Å²) in [5.41, 5.74) is 12.0. The van der Waals surface area contributed by atoms with Crippen LogP contribution in [0, 0.1) is 0 Å². The monoisotopic (exact) mass is 715 g/mol. The highest BCUT2D eigenvalue weighted by Gasteiger charge is 2.23. The molecule has 11 aromatic rings. The van der Waals surface area contributed by atoms with Gasteiger partial charge in [-0.3, -0.25) is 4.57 Å². The van der Waals surface area contributed by atoms with Crippen LogP contribution < -0.4 is 0 Å². The van der Waals surface area contributed by atoms with E-state index >= 15 is 0 Å². The van der Waals surface area contributed by atoms with Crippen molar-refractivity contribution in [2.45, 2.75) is 0 Å². The minimum absolute atomic E-state index is 0.571. The van der Waals surface area contributed by atoms with Crippen LogP contribution in [0.3, 0.4) is 0 Å². The molecule has 0 N–H and O–H groups in total. The van der Waals surface area contributed by atoms with Crippen molar-refractivity contribution in [1.29, 1.82) is 0 Å². The molecule has 0 fully saturated rings. The highest BCUT2D eigenvalue weighted by Crippen LogP contribution is 2.42. The molecule has 5 heteroatoms. The number of para-hydroxylation sites is 2. The third-order valence-electron chi connectivity index (χ3n) is 10.8. The molecule has 0 unspecified atom stereocenters. The fourth-order valence-corrected chi connectivity index (χ4v) is 8.19. The summed E-state index contributed by atoms with van der Waals surface area (Å²) in [6, 6.07) is 70.4. The lowest BCUT2D eigenvalue weighted by Gasteiger charge is -2.14. The van der Waals surface area contributed by atoms with E-state index in [2.05, 4.69) is 173 Å². The molecule has 0 saturated carbocycles. The van der Waals surface area contributed by atoms with Crippen molar-refractivity contribution >= 4 is 43.6 Å². The first kappa shape index (κ1) is 31.9. The van der Waals surface area contributed by atoms with Crippen molar-refractivity contribution in [2.24, 2.45) is 0 Å². The smallest absolute Gasteiger partial charge is 0.238 e. The zero-order valence-electron chi connectivity index (χ0n) is 30.3. The maximum absolute atomic E-state index is 5.24. The second-order valence-electron chi connectivity index (χ2n) is 14.1. The van der Waals surface area contributed by atoms with Gasteiger partial charge in [-0.15, -0.1) is 0 Å². The highest BCUT2D eigenvalue weighted by molar-refractivity contribution is 6.23. The van der Waals surface area contributed by atoms with E-state index in [0.29, 0.717) is 17.6 Å². The van der Waals surface area contributed by atoms with Crippen molar-refractivity contribution in [3.63, 3.8) is 0 Å². The lowest BCUT2D eigenvalue weighted by Crippen LogP contribution is -2.07. The highest BCUT2D eigenvalue weighted by atomic mass is 15.2. The number of nitrogens with zero attached hydrogens (tertiary/aromatic N) is 5. The van der Waals surface area contributed by atoms with Gasteiger partial charge in [0.25, 0.3) is 0 Å². The summed E-state index contributed by atoms with van der Waals surface area (Å²) in [6.07, 6.45) is 0. The Bertz CT molecular complexity index is 3160. The molecule has 0 spiro atoms. The molecule has 3 aromatic heterocycles. The number of aromatic nitrogens is 5. The molecule has 0 atom stereocenters. The molecule has 0 bridgehead atoms. The van der Waals surface area contributed by atoms with Gasteiger partial charge in [0, 0.05) is 38.4 Å². The summed E-state index contributed by atoms with van der Waals surface area (Å²) in [5, 5.41) is 4.62. The van der Waals surface area contributed by atoms with Gasteiger partial charge in [-0.1, -0.05) is 170 Å². The van der Waals surface area contributed by atoms with Crippen LogP contribution in [0.25, 0.3) is 100 Å². The molecule has 0 amide bonds. The summed E-state index contributed by atoms with van der Waals surface area (Å²) in [4.78, 5) is 15.5. The van der Waals surface area contributed by atoms with Gasteiger partial charge in [0.1, 0.15) is 0 Å². The number of hydrogen-bond acceptors (Lipinski definition) is 3. The van der Waals surface area contributed by atoms with Gasteiger partial charge < -0.3 is 4.57 Å². The Morgan fingerprint density at radius 3 is 1.27 bits per heavy atom. The van der Waals surface area contributed by atoms with Crippen molar-refractivity contribution < 1.29 is 0 Å². The first-order chi connectivity index (χ1) is 27.8. The van der Waals surface area contributed by atoms with E-state index in [1.807, 2.05) is 36.4 Å². The molecule has 3 heterocycles. The molecule has 5 nitrogen and oxygen atoms in total. The van der Waals surface area contributed by atoms with Gasteiger partial charge in [0.05, 0.1) is 22.1 Å². The van der Waals surface area contributed by atoms with E-state index in [9.17, 15) is 0 Å². The molecule has 262 valence electrons. The average Bonchev–Trinajstić information content (AvgIpc) is 3.80. The Hall–Kier alpha value is -7.63. The maximum Gasteiger partial charge on any atom is 0.238 e. The van der Waals surface area contributed by atoms with Gasteiger partial charge in [-0.2, -0.15) is 9.97 Å². The summed E-state index contributed by atoms with van der Waals surface area (Å²) >= 11 is 0. The first-order valence-corrected chi connectivity index (χ1v) is 18.9. The predicted octanol–water partition coefficient (Wildman–Crippen LogP) is 12.7. The van der Waals surface area contributed by atoms with E-state index in [-0.39, 0.29) is 0 Å². The van der Waals surface area contributed by atoms with Crippen molar-refractivity contribution in [1.82, 2.24) is 24.1 Å². The van der Waals surface area contributed by atoms with E-state index in [1.54, 1.807) is 0 Å². The maximum atomic E-state index is 5.24. The number of hydrogen-bond donors (Lipinski definition) is 0. The van der Waals surface area contributed by atoms with E-state index < -0.39 is 0 Å². The van der Waals surface area contributed by atoms with E-state index in [0.717, 1.165) is 55.0 Å². The lowest BCUT2D eigenvalue weighted by molar-refractivity contribution is 0.953. The molecular weight excluding hydrogens is 683 g/mol. The fourth-order valence-electron chi connectivity index (χ4n) is 8.19. The topological polar surface area (TPSA) is 48.5 Å². The van der Waals surface area contributed by atoms with E-state index in [1.165, 1.54) is 27.6 Å². The molecule has 0 radical (unpaired) electrons. The second-order valence-corrected chi connectivity index (χ2v) is 14.1. The van der Waals surface area contributed by atoms with Crippen molar-refractivity contribution in [3.8, 4) is 56.7 Å². The average molecular weight is 716 g/mol. The molecule has 0 aliphatic carbocycles. The number of benzene rings is 8.